The minimum Gasteiger partial charge on any atom is -0.350 e. The van der Waals surface area contributed by atoms with Gasteiger partial charge in [-0.3, -0.25) is 9.59 Å². The highest BCUT2D eigenvalue weighted by Gasteiger charge is 2.11. The Morgan fingerprint density at radius 2 is 1.70 bits per heavy atom. The highest BCUT2D eigenvalue weighted by molar-refractivity contribution is 6.36. The molecule has 0 saturated heterocycles. The average Bonchev–Trinajstić information content (AvgIpc) is 2.52. The van der Waals surface area contributed by atoms with Crippen molar-refractivity contribution in [3.8, 4) is 0 Å². The third-order valence-electron chi connectivity index (χ3n) is 2.99. The quantitative estimate of drug-likeness (QED) is 0.866. The number of carbonyl (C=O) groups is 2. The predicted molar refractivity (Wildman–Crippen MR) is 87.0 cm³/mol. The molecule has 0 unspecified atom stereocenters. The maximum absolute atomic E-state index is 12.8. The molecule has 0 atom stereocenters. The lowest BCUT2D eigenvalue weighted by Crippen LogP contribution is -2.36. The van der Waals surface area contributed by atoms with Gasteiger partial charge in [0.05, 0.1) is 17.1 Å². The number of benzene rings is 2. The SMILES string of the molecule is O=C(CNC(=O)c1ccc(Cl)cc1Cl)NCc1ccc(F)cc1. The van der Waals surface area contributed by atoms with Crippen LogP contribution in [-0.2, 0) is 11.3 Å². The van der Waals surface area contributed by atoms with Crippen molar-refractivity contribution >= 4 is 35.0 Å². The minimum absolute atomic E-state index is 0.195. The number of carbonyl (C=O) groups excluding carboxylic acids is 2. The second-order valence-corrected chi connectivity index (χ2v) is 5.55. The van der Waals surface area contributed by atoms with Gasteiger partial charge in [-0.05, 0) is 35.9 Å². The van der Waals surface area contributed by atoms with Crippen LogP contribution in [0, 0.1) is 5.82 Å². The highest BCUT2D eigenvalue weighted by Crippen LogP contribution is 2.20. The molecule has 2 amide bonds. The van der Waals surface area contributed by atoms with Crippen molar-refractivity contribution in [3.05, 3.63) is 69.5 Å². The molecule has 2 aromatic carbocycles. The Morgan fingerprint density at radius 1 is 1.00 bits per heavy atom. The van der Waals surface area contributed by atoms with Crippen molar-refractivity contribution in [2.45, 2.75) is 6.54 Å². The lowest BCUT2D eigenvalue weighted by atomic mass is 10.2. The smallest absolute Gasteiger partial charge is 0.253 e. The van der Waals surface area contributed by atoms with Crippen LogP contribution >= 0.6 is 23.2 Å². The van der Waals surface area contributed by atoms with E-state index < -0.39 is 5.91 Å². The highest BCUT2D eigenvalue weighted by atomic mass is 35.5. The average molecular weight is 355 g/mol. The van der Waals surface area contributed by atoms with Crippen LogP contribution in [0.5, 0.6) is 0 Å². The van der Waals surface area contributed by atoms with Crippen LogP contribution in [0.15, 0.2) is 42.5 Å². The van der Waals surface area contributed by atoms with Crippen LogP contribution in [0.4, 0.5) is 4.39 Å². The first-order valence-electron chi connectivity index (χ1n) is 6.70. The molecule has 0 heterocycles. The van der Waals surface area contributed by atoms with Crippen molar-refractivity contribution in [1.82, 2.24) is 10.6 Å². The molecule has 2 N–H and O–H groups in total. The lowest BCUT2D eigenvalue weighted by Gasteiger charge is -2.08. The normalized spacial score (nSPS) is 10.2. The first kappa shape index (κ1) is 17.2. The molecule has 0 aliphatic heterocycles. The zero-order valence-corrected chi connectivity index (χ0v) is 13.4. The van der Waals surface area contributed by atoms with Gasteiger partial charge in [-0.1, -0.05) is 35.3 Å². The van der Waals surface area contributed by atoms with Gasteiger partial charge >= 0.3 is 0 Å². The van der Waals surface area contributed by atoms with Gasteiger partial charge in [0, 0.05) is 11.6 Å². The summed E-state index contributed by atoms with van der Waals surface area (Å²) in [6, 6.07) is 10.2. The summed E-state index contributed by atoms with van der Waals surface area (Å²) < 4.78 is 12.8. The summed E-state index contributed by atoms with van der Waals surface area (Å²) in [7, 11) is 0. The van der Waals surface area contributed by atoms with E-state index in [4.69, 9.17) is 23.2 Å². The fourth-order valence-electron chi connectivity index (χ4n) is 1.79. The summed E-state index contributed by atoms with van der Waals surface area (Å²) in [5, 5.41) is 5.71. The van der Waals surface area contributed by atoms with Crippen LogP contribution < -0.4 is 10.6 Å². The van der Waals surface area contributed by atoms with E-state index in [1.54, 1.807) is 12.1 Å². The maximum Gasteiger partial charge on any atom is 0.253 e. The fraction of sp³-hybridized carbons (Fsp3) is 0.125. The Labute approximate surface area is 142 Å². The van der Waals surface area contributed by atoms with E-state index in [2.05, 4.69) is 10.6 Å². The Morgan fingerprint density at radius 3 is 2.35 bits per heavy atom. The summed E-state index contributed by atoms with van der Waals surface area (Å²) in [6.07, 6.45) is 0. The van der Waals surface area contributed by atoms with Gasteiger partial charge in [-0.2, -0.15) is 0 Å². The summed E-state index contributed by atoms with van der Waals surface area (Å²) in [5.41, 5.74) is 0.995. The van der Waals surface area contributed by atoms with E-state index in [0.29, 0.717) is 5.02 Å². The zero-order chi connectivity index (χ0) is 16.8. The fourth-order valence-corrected chi connectivity index (χ4v) is 2.29. The number of amides is 2. The van der Waals surface area contributed by atoms with Crippen molar-refractivity contribution in [1.29, 1.82) is 0 Å². The molecule has 4 nitrogen and oxygen atoms in total. The van der Waals surface area contributed by atoms with Crippen molar-refractivity contribution in [3.63, 3.8) is 0 Å². The molecule has 7 heteroatoms. The molecule has 0 aliphatic carbocycles. The summed E-state index contributed by atoms with van der Waals surface area (Å²) in [5.74, 6) is -1.18. The van der Waals surface area contributed by atoms with Gasteiger partial charge in [0.15, 0.2) is 0 Å². The van der Waals surface area contributed by atoms with E-state index in [9.17, 15) is 14.0 Å². The van der Waals surface area contributed by atoms with Crippen LogP contribution in [-0.4, -0.2) is 18.4 Å². The monoisotopic (exact) mass is 354 g/mol. The molecule has 0 spiro atoms. The Balaban J connectivity index is 1.81. The number of nitrogens with one attached hydrogen (secondary N) is 2. The molecule has 2 rings (SSSR count). The Hall–Kier alpha value is -2.11. The lowest BCUT2D eigenvalue weighted by molar-refractivity contribution is -0.120. The van der Waals surface area contributed by atoms with E-state index in [1.165, 1.54) is 30.3 Å². The van der Waals surface area contributed by atoms with Gasteiger partial charge in [0.25, 0.3) is 5.91 Å². The molecular formula is C16H13Cl2FN2O2. The molecule has 0 radical (unpaired) electrons. The molecule has 0 fully saturated rings. The van der Waals surface area contributed by atoms with Gasteiger partial charge in [0.2, 0.25) is 5.91 Å². The van der Waals surface area contributed by atoms with Crippen molar-refractivity contribution in [2.24, 2.45) is 0 Å². The van der Waals surface area contributed by atoms with Crippen molar-refractivity contribution < 1.29 is 14.0 Å². The second-order valence-electron chi connectivity index (χ2n) is 4.71. The zero-order valence-electron chi connectivity index (χ0n) is 11.9. The summed E-state index contributed by atoms with van der Waals surface area (Å²) in [4.78, 5) is 23.6. The molecule has 0 saturated carbocycles. The van der Waals surface area contributed by atoms with Gasteiger partial charge in [-0.25, -0.2) is 4.39 Å². The Kier molecular flexibility index (Phi) is 5.96. The standard InChI is InChI=1S/C16H13Cl2FN2O2/c17-11-3-6-13(14(18)7-11)16(23)21-9-15(22)20-8-10-1-4-12(19)5-2-10/h1-7H,8-9H2,(H,20,22)(H,21,23). The second kappa shape index (κ2) is 7.94. The van der Waals surface area contributed by atoms with E-state index in [0.717, 1.165) is 5.56 Å². The van der Waals surface area contributed by atoms with Gasteiger partial charge in [0.1, 0.15) is 5.82 Å². The molecule has 120 valence electrons. The van der Waals surface area contributed by atoms with Crippen molar-refractivity contribution in [2.75, 3.05) is 6.54 Å². The molecule has 23 heavy (non-hydrogen) atoms. The van der Waals surface area contributed by atoms with E-state index in [-0.39, 0.29) is 35.4 Å². The largest absolute Gasteiger partial charge is 0.350 e. The first-order chi connectivity index (χ1) is 11.0. The van der Waals surface area contributed by atoms with Crippen LogP contribution in [0.25, 0.3) is 0 Å². The van der Waals surface area contributed by atoms with E-state index in [1.807, 2.05) is 0 Å². The topological polar surface area (TPSA) is 58.2 Å². The molecule has 2 aromatic rings. The molecular weight excluding hydrogens is 342 g/mol. The number of hydrogen-bond acceptors (Lipinski definition) is 2. The molecule has 0 bridgehead atoms. The summed E-state index contributed by atoms with van der Waals surface area (Å²) >= 11 is 11.7. The minimum atomic E-state index is -0.469. The number of halogens is 3. The number of rotatable bonds is 5. The maximum atomic E-state index is 12.8. The predicted octanol–water partition coefficient (Wildman–Crippen LogP) is 3.18. The Bertz CT molecular complexity index is 721. The van der Waals surface area contributed by atoms with E-state index >= 15 is 0 Å². The third-order valence-corrected chi connectivity index (χ3v) is 3.54. The summed E-state index contributed by atoms with van der Waals surface area (Å²) in [6.45, 7) is 0.0513. The van der Waals surface area contributed by atoms with Crippen LogP contribution in [0.3, 0.4) is 0 Å². The van der Waals surface area contributed by atoms with Crippen LogP contribution in [0.2, 0.25) is 10.0 Å². The van der Waals surface area contributed by atoms with Gasteiger partial charge in [-0.15, -0.1) is 0 Å². The molecule has 0 aliphatic rings. The first-order valence-corrected chi connectivity index (χ1v) is 7.45. The van der Waals surface area contributed by atoms with Crippen LogP contribution in [0.1, 0.15) is 15.9 Å². The third kappa shape index (κ3) is 5.23. The number of hydrogen-bond donors (Lipinski definition) is 2. The van der Waals surface area contributed by atoms with Gasteiger partial charge < -0.3 is 10.6 Å². The molecule has 0 aromatic heterocycles.